The fourth-order valence-corrected chi connectivity index (χ4v) is 3.53. The van der Waals surface area contributed by atoms with Crippen molar-refractivity contribution >= 4 is 32.2 Å². The van der Waals surface area contributed by atoms with Crippen LogP contribution in [0.2, 0.25) is 0 Å². The van der Waals surface area contributed by atoms with E-state index in [2.05, 4.69) is 31.2 Å². The van der Waals surface area contributed by atoms with Gasteiger partial charge in [0.1, 0.15) is 10.8 Å². The Morgan fingerprint density at radius 3 is 2.70 bits per heavy atom. The van der Waals surface area contributed by atoms with Gasteiger partial charge in [0.15, 0.2) is 5.82 Å². The molecule has 0 bridgehead atoms. The summed E-state index contributed by atoms with van der Waals surface area (Å²) in [6.07, 6.45) is 0. The van der Waals surface area contributed by atoms with Crippen LogP contribution in [0.15, 0.2) is 53.0 Å². The van der Waals surface area contributed by atoms with Gasteiger partial charge in [-0.25, -0.2) is 0 Å². The van der Waals surface area contributed by atoms with Crippen LogP contribution in [0.1, 0.15) is 0 Å². The molecule has 0 aliphatic rings. The third kappa shape index (κ3) is 2.62. The van der Waals surface area contributed by atoms with Crippen molar-refractivity contribution < 1.29 is 4.74 Å². The molecule has 23 heavy (non-hydrogen) atoms. The van der Waals surface area contributed by atoms with E-state index < -0.39 is 0 Å². The highest BCUT2D eigenvalue weighted by atomic mass is 79.9. The average Bonchev–Trinajstić information content (AvgIpc) is 3.15. The van der Waals surface area contributed by atoms with E-state index in [1.165, 1.54) is 11.3 Å². The Morgan fingerprint density at radius 2 is 1.87 bits per heavy atom. The van der Waals surface area contributed by atoms with Gasteiger partial charge in [0.05, 0.1) is 7.11 Å². The quantitative estimate of drug-likeness (QED) is 0.526. The standard InChI is InChI=1S/C16H11BrN4OS/c1-22-13-7-3-4-10(9-13)14-18-19-16-21(14)20-15(23-16)11-5-2-6-12(17)8-11/h2-9H,1H3. The minimum atomic E-state index is 0.705. The van der Waals surface area contributed by atoms with Crippen molar-refractivity contribution in [3.63, 3.8) is 0 Å². The van der Waals surface area contributed by atoms with Gasteiger partial charge in [0, 0.05) is 15.6 Å². The summed E-state index contributed by atoms with van der Waals surface area (Å²) in [6, 6.07) is 15.8. The van der Waals surface area contributed by atoms with E-state index in [0.717, 1.165) is 31.3 Å². The van der Waals surface area contributed by atoms with E-state index in [0.29, 0.717) is 5.82 Å². The summed E-state index contributed by atoms with van der Waals surface area (Å²) in [5, 5.41) is 14.1. The van der Waals surface area contributed by atoms with Crippen LogP contribution >= 0.6 is 27.3 Å². The number of halogens is 1. The number of ether oxygens (including phenoxy) is 1. The maximum Gasteiger partial charge on any atom is 0.235 e. The maximum absolute atomic E-state index is 5.27. The second-order valence-corrected chi connectivity index (χ2v) is 6.74. The normalized spacial score (nSPS) is 11.0. The number of rotatable bonds is 3. The molecule has 0 radical (unpaired) electrons. The Bertz CT molecular complexity index is 995. The van der Waals surface area contributed by atoms with E-state index in [-0.39, 0.29) is 0 Å². The fraction of sp³-hybridized carbons (Fsp3) is 0.0625. The highest BCUT2D eigenvalue weighted by Crippen LogP contribution is 2.30. The Kier molecular flexibility index (Phi) is 3.59. The Labute approximate surface area is 144 Å². The lowest BCUT2D eigenvalue weighted by molar-refractivity contribution is 0.415. The van der Waals surface area contributed by atoms with Gasteiger partial charge in [0.2, 0.25) is 4.96 Å². The van der Waals surface area contributed by atoms with Crippen molar-refractivity contribution in [1.29, 1.82) is 0 Å². The number of methoxy groups -OCH3 is 1. The molecule has 0 fully saturated rings. The van der Waals surface area contributed by atoms with Crippen LogP contribution in [0, 0.1) is 0 Å². The van der Waals surface area contributed by atoms with Gasteiger partial charge in [-0.05, 0) is 24.3 Å². The molecule has 0 aliphatic heterocycles. The number of fused-ring (bicyclic) bond motifs is 1. The molecule has 5 nitrogen and oxygen atoms in total. The first kappa shape index (κ1) is 14.3. The van der Waals surface area contributed by atoms with Crippen LogP contribution in [0.3, 0.4) is 0 Å². The molecule has 114 valence electrons. The van der Waals surface area contributed by atoms with E-state index in [9.17, 15) is 0 Å². The lowest BCUT2D eigenvalue weighted by Gasteiger charge is -2.01. The first-order chi connectivity index (χ1) is 11.2. The Morgan fingerprint density at radius 1 is 1.04 bits per heavy atom. The molecule has 0 unspecified atom stereocenters. The first-order valence-electron chi connectivity index (χ1n) is 6.87. The van der Waals surface area contributed by atoms with E-state index in [4.69, 9.17) is 4.74 Å². The molecular weight excluding hydrogens is 376 g/mol. The SMILES string of the molecule is COc1cccc(-c2nnc3sc(-c4cccc(Br)c4)nn23)c1. The smallest absolute Gasteiger partial charge is 0.235 e. The highest BCUT2D eigenvalue weighted by Gasteiger charge is 2.15. The summed E-state index contributed by atoms with van der Waals surface area (Å²) in [5.74, 6) is 1.48. The van der Waals surface area contributed by atoms with Crippen LogP contribution in [-0.2, 0) is 0 Å². The number of nitrogens with zero attached hydrogens (tertiary/aromatic N) is 4. The number of aromatic nitrogens is 4. The lowest BCUT2D eigenvalue weighted by Crippen LogP contribution is -1.92. The van der Waals surface area contributed by atoms with E-state index >= 15 is 0 Å². The second-order valence-electron chi connectivity index (χ2n) is 4.87. The topological polar surface area (TPSA) is 52.3 Å². The summed E-state index contributed by atoms with van der Waals surface area (Å²) in [6.45, 7) is 0. The molecule has 0 atom stereocenters. The van der Waals surface area contributed by atoms with Gasteiger partial charge in [-0.15, -0.1) is 10.2 Å². The van der Waals surface area contributed by atoms with Crippen molar-refractivity contribution in [3.8, 4) is 27.7 Å². The third-order valence-electron chi connectivity index (χ3n) is 3.39. The van der Waals surface area contributed by atoms with Gasteiger partial charge in [-0.1, -0.05) is 51.5 Å². The maximum atomic E-state index is 5.27. The summed E-state index contributed by atoms with van der Waals surface area (Å²) in [5.41, 5.74) is 1.97. The van der Waals surface area contributed by atoms with E-state index in [1.54, 1.807) is 11.6 Å². The molecule has 4 aromatic rings. The van der Waals surface area contributed by atoms with Crippen LogP contribution < -0.4 is 4.74 Å². The molecule has 4 rings (SSSR count). The molecule has 2 heterocycles. The van der Waals surface area contributed by atoms with Gasteiger partial charge in [-0.2, -0.15) is 9.61 Å². The lowest BCUT2D eigenvalue weighted by atomic mass is 10.2. The monoisotopic (exact) mass is 386 g/mol. The zero-order valence-electron chi connectivity index (χ0n) is 12.1. The molecule has 0 amide bonds. The third-order valence-corrected chi connectivity index (χ3v) is 4.83. The second kappa shape index (κ2) is 5.75. The molecule has 0 spiro atoms. The van der Waals surface area contributed by atoms with Crippen LogP contribution in [-0.4, -0.2) is 26.9 Å². The molecule has 0 N–H and O–H groups in total. The summed E-state index contributed by atoms with van der Waals surface area (Å²) >= 11 is 5.00. The summed E-state index contributed by atoms with van der Waals surface area (Å²) in [7, 11) is 1.65. The number of hydrogen-bond acceptors (Lipinski definition) is 5. The van der Waals surface area contributed by atoms with Crippen molar-refractivity contribution in [3.05, 3.63) is 53.0 Å². The highest BCUT2D eigenvalue weighted by molar-refractivity contribution is 9.10. The zero-order valence-corrected chi connectivity index (χ0v) is 14.5. The van der Waals surface area contributed by atoms with Crippen molar-refractivity contribution in [2.24, 2.45) is 0 Å². The molecule has 0 saturated carbocycles. The van der Waals surface area contributed by atoms with Gasteiger partial charge < -0.3 is 4.74 Å². The van der Waals surface area contributed by atoms with Crippen molar-refractivity contribution in [2.75, 3.05) is 7.11 Å². The Balaban J connectivity index is 1.83. The molecule has 2 aromatic heterocycles. The summed E-state index contributed by atoms with van der Waals surface area (Å²) in [4.78, 5) is 0.762. The average molecular weight is 387 g/mol. The number of benzene rings is 2. The fourth-order valence-electron chi connectivity index (χ4n) is 2.30. The first-order valence-corrected chi connectivity index (χ1v) is 8.48. The zero-order chi connectivity index (χ0) is 15.8. The van der Waals surface area contributed by atoms with Gasteiger partial charge >= 0.3 is 0 Å². The number of hydrogen-bond donors (Lipinski definition) is 0. The van der Waals surface area contributed by atoms with Gasteiger partial charge in [0.25, 0.3) is 0 Å². The van der Waals surface area contributed by atoms with E-state index in [1.807, 2.05) is 48.5 Å². The molecular formula is C16H11BrN4OS. The van der Waals surface area contributed by atoms with Crippen LogP contribution in [0.25, 0.3) is 26.9 Å². The van der Waals surface area contributed by atoms with Gasteiger partial charge in [-0.3, -0.25) is 0 Å². The largest absolute Gasteiger partial charge is 0.497 e. The van der Waals surface area contributed by atoms with Crippen LogP contribution in [0.5, 0.6) is 5.75 Å². The van der Waals surface area contributed by atoms with Crippen molar-refractivity contribution in [1.82, 2.24) is 19.8 Å². The molecule has 7 heteroatoms. The molecule has 2 aromatic carbocycles. The summed E-state index contributed by atoms with van der Waals surface area (Å²) < 4.78 is 8.07. The predicted octanol–water partition coefficient (Wildman–Crippen LogP) is 4.29. The molecule has 0 aliphatic carbocycles. The Hall–Kier alpha value is -2.25. The predicted molar refractivity (Wildman–Crippen MR) is 93.8 cm³/mol. The minimum Gasteiger partial charge on any atom is -0.497 e. The van der Waals surface area contributed by atoms with Crippen LogP contribution in [0.4, 0.5) is 0 Å². The van der Waals surface area contributed by atoms with Crippen molar-refractivity contribution in [2.45, 2.75) is 0 Å². The minimum absolute atomic E-state index is 0.705. The molecule has 0 saturated heterocycles.